The number of carbonyl (C=O) groups is 3. The molecule has 1 fully saturated rings. The van der Waals surface area contributed by atoms with Crippen molar-refractivity contribution in [3.05, 3.63) is 65.9 Å². The maximum atomic E-state index is 13.4. The van der Waals surface area contributed by atoms with Crippen LogP contribution >= 0.6 is 0 Å². The Morgan fingerprint density at radius 2 is 1.63 bits per heavy atom. The van der Waals surface area contributed by atoms with Gasteiger partial charge in [0.2, 0.25) is 11.8 Å². The van der Waals surface area contributed by atoms with E-state index < -0.39 is 17.4 Å². The van der Waals surface area contributed by atoms with Gasteiger partial charge in [0.15, 0.2) is 5.69 Å². The molecule has 35 heavy (non-hydrogen) atoms. The smallest absolute Gasteiger partial charge is 0.273 e. The summed E-state index contributed by atoms with van der Waals surface area (Å²) in [6.45, 7) is 6.90. The molecule has 0 spiro atoms. The molecule has 8 heteroatoms. The Kier molecular flexibility index (Phi) is 7.19. The first-order chi connectivity index (χ1) is 16.7. The molecule has 4 rings (SSSR count). The highest BCUT2D eigenvalue weighted by Gasteiger charge is 2.34. The number of rotatable bonds is 9. The topological polar surface area (TPSA) is 105 Å². The Morgan fingerprint density at radius 3 is 2.31 bits per heavy atom. The molecule has 1 aliphatic carbocycles. The SMILES string of the molecule is CC(C)(C)[C@H](NC(=O)c1nn(Cc2ccccc2)c2ccccc12)C(=O)NCCNC(=O)C1CC1. The number of nitrogens with one attached hydrogen (secondary N) is 3. The summed E-state index contributed by atoms with van der Waals surface area (Å²) in [6, 6.07) is 16.8. The Bertz CT molecular complexity index is 1210. The van der Waals surface area contributed by atoms with Gasteiger partial charge in [-0.05, 0) is 29.9 Å². The first-order valence-corrected chi connectivity index (χ1v) is 12.1. The van der Waals surface area contributed by atoms with Gasteiger partial charge in [0.25, 0.3) is 5.91 Å². The van der Waals surface area contributed by atoms with E-state index in [1.54, 1.807) is 0 Å². The molecule has 1 atom stereocenters. The Balaban J connectivity index is 1.47. The van der Waals surface area contributed by atoms with Crippen LogP contribution in [0.15, 0.2) is 54.6 Å². The molecule has 8 nitrogen and oxygen atoms in total. The van der Waals surface area contributed by atoms with E-state index in [1.807, 2.05) is 80.1 Å². The maximum absolute atomic E-state index is 13.4. The van der Waals surface area contributed by atoms with Gasteiger partial charge in [-0.3, -0.25) is 19.1 Å². The predicted octanol–water partition coefficient (Wildman–Crippen LogP) is 2.87. The van der Waals surface area contributed by atoms with Gasteiger partial charge < -0.3 is 16.0 Å². The van der Waals surface area contributed by atoms with Crippen molar-refractivity contribution in [1.82, 2.24) is 25.7 Å². The fourth-order valence-corrected chi connectivity index (χ4v) is 4.01. The molecule has 3 amide bonds. The molecule has 1 saturated carbocycles. The van der Waals surface area contributed by atoms with E-state index in [2.05, 4.69) is 21.0 Å². The molecule has 1 aliphatic rings. The average Bonchev–Trinajstić information content (AvgIpc) is 3.62. The highest BCUT2D eigenvalue weighted by atomic mass is 16.2. The second-order valence-corrected chi connectivity index (χ2v) is 10.1. The van der Waals surface area contributed by atoms with Gasteiger partial charge >= 0.3 is 0 Å². The van der Waals surface area contributed by atoms with Crippen LogP contribution in [0.1, 0.15) is 49.7 Å². The molecule has 0 unspecified atom stereocenters. The van der Waals surface area contributed by atoms with Gasteiger partial charge in [-0.1, -0.05) is 69.3 Å². The van der Waals surface area contributed by atoms with Crippen LogP contribution < -0.4 is 16.0 Å². The molecular formula is C27H33N5O3. The van der Waals surface area contributed by atoms with Crippen LogP contribution in [0.3, 0.4) is 0 Å². The maximum Gasteiger partial charge on any atom is 0.273 e. The summed E-state index contributed by atoms with van der Waals surface area (Å²) in [5.74, 6) is -0.522. The molecule has 0 radical (unpaired) electrons. The number of amides is 3. The van der Waals surface area contributed by atoms with Gasteiger partial charge in [0.1, 0.15) is 6.04 Å². The Morgan fingerprint density at radius 1 is 0.971 bits per heavy atom. The van der Waals surface area contributed by atoms with Crippen molar-refractivity contribution >= 4 is 28.6 Å². The molecular weight excluding hydrogens is 442 g/mol. The van der Waals surface area contributed by atoms with Gasteiger partial charge in [0, 0.05) is 24.4 Å². The monoisotopic (exact) mass is 475 g/mol. The van der Waals surface area contributed by atoms with Crippen molar-refractivity contribution in [2.45, 2.75) is 46.2 Å². The highest BCUT2D eigenvalue weighted by molar-refractivity contribution is 6.06. The minimum absolute atomic E-state index is 0.0397. The summed E-state index contributed by atoms with van der Waals surface area (Å²) >= 11 is 0. The quantitative estimate of drug-likeness (QED) is 0.414. The van der Waals surface area contributed by atoms with E-state index >= 15 is 0 Å². The van der Waals surface area contributed by atoms with E-state index in [9.17, 15) is 14.4 Å². The largest absolute Gasteiger partial charge is 0.354 e. The number of carbonyl (C=O) groups excluding carboxylic acids is 3. The van der Waals surface area contributed by atoms with Crippen LogP contribution in [0, 0.1) is 11.3 Å². The summed E-state index contributed by atoms with van der Waals surface area (Å²) in [4.78, 5) is 38.1. The van der Waals surface area contributed by atoms with E-state index in [0.29, 0.717) is 19.6 Å². The van der Waals surface area contributed by atoms with E-state index in [1.165, 1.54) is 0 Å². The molecule has 0 saturated heterocycles. The van der Waals surface area contributed by atoms with E-state index in [-0.39, 0.29) is 23.4 Å². The summed E-state index contributed by atoms with van der Waals surface area (Å²) in [6.07, 6.45) is 1.87. The molecule has 3 aromatic rings. The number of benzene rings is 2. The molecule has 184 valence electrons. The van der Waals surface area contributed by atoms with Crippen LogP contribution in [-0.2, 0) is 16.1 Å². The third kappa shape index (κ3) is 6.07. The fraction of sp³-hybridized carbons (Fsp3) is 0.407. The number of para-hydroxylation sites is 1. The zero-order valence-electron chi connectivity index (χ0n) is 20.5. The van der Waals surface area contributed by atoms with Gasteiger partial charge in [-0.25, -0.2) is 0 Å². The Labute approximate surface area is 205 Å². The van der Waals surface area contributed by atoms with Crippen LogP contribution in [0.4, 0.5) is 0 Å². The third-order valence-corrected chi connectivity index (χ3v) is 6.12. The number of aromatic nitrogens is 2. The number of hydrogen-bond donors (Lipinski definition) is 3. The van der Waals surface area contributed by atoms with E-state index in [4.69, 9.17) is 0 Å². The normalized spacial score (nSPS) is 14.4. The first-order valence-electron chi connectivity index (χ1n) is 12.1. The molecule has 0 aliphatic heterocycles. The minimum atomic E-state index is -0.771. The lowest BCUT2D eigenvalue weighted by Crippen LogP contribution is -2.54. The number of hydrogen-bond acceptors (Lipinski definition) is 4. The molecule has 1 heterocycles. The van der Waals surface area contributed by atoms with Crippen LogP contribution in [0.25, 0.3) is 10.9 Å². The molecule has 0 bridgehead atoms. The third-order valence-electron chi connectivity index (χ3n) is 6.12. The van der Waals surface area contributed by atoms with Crippen molar-refractivity contribution in [2.24, 2.45) is 11.3 Å². The van der Waals surface area contributed by atoms with Gasteiger partial charge in [-0.2, -0.15) is 5.10 Å². The second kappa shape index (κ2) is 10.3. The molecule has 3 N–H and O–H groups in total. The average molecular weight is 476 g/mol. The van der Waals surface area contributed by atoms with E-state index in [0.717, 1.165) is 29.3 Å². The van der Waals surface area contributed by atoms with Crippen molar-refractivity contribution in [3.8, 4) is 0 Å². The van der Waals surface area contributed by atoms with Crippen LogP contribution in [0.5, 0.6) is 0 Å². The minimum Gasteiger partial charge on any atom is -0.354 e. The number of fused-ring (bicyclic) bond motifs is 1. The zero-order valence-corrected chi connectivity index (χ0v) is 20.5. The lowest BCUT2D eigenvalue weighted by molar-refractivity contribution is -0.126. The van der Waals surface area contributed by atoms with Crippen molar-refractivity contribution < 1.29 is 14.4 Å². The standard InChI is InChI=1S/C27H33N5O3/c1-27(2,3)23(26(35)29-16-15-28-24(33)19-13-14-19)30-25(34)22-20-11-7-8-12-21(20)32(31-22)17-18-9-5-4-6-10-18/h4-12,19,23H,13-17H2,1-3H3,(H,28,33)(H,29,35)(H,30,34)/t23-/m1/s1. The summed E-state index contributed by atoms with van der Waals surface area (Å²) in [5, 5.41) is 13.9. The Hall–Kier alpha value is -3.68. The highest BCUT2D eigenvalue weighted by Crippen LogP contribution is 2.28. The predicted molar refractivity (Wildman–Crippen MR) is 135 cm³/mol. The van der Waals surface area contributed by atoms with Crippen molar-refractivity contribution in [1.29, 1.82) is 0 Å². The second-order valence-electron chi connectivity index (χ2n) is 10.1. The summed E-state index contributed by atoms with van der Waals surface area (Å²) < 4.78 is 1.81. The van der Waals surface area contributed by atoms with Gasteiger partial charge in [0.05, 0.1) is 12.1 Å². The summed E-state index contributed by atoms with van der Waals surface area (Å²) in [7, 11) is 0. The van der Waals surface area contributed by atoms with Crippen molar-refractivity contribution in [3.63, 3.8) is 0 Å². The molecule has 2 aromatic carbocycles. The number of nitrogens with zero attached hydrogens (tertiary/aromatic N) is 2. The lowest BCUT2D eigenvalue weighted by Gasteiger charge is -2.30. The summed E-state index contributed by atoms with van der Waals surface area (Å²) in [5.41, 5.74) is 1.69. The fourth-order valence-electron chi connectivity index (χ4n) is 4.01. The van der Waals surface area contributed by atoms with Crippen molar-refractivity contribution in [2.75, 3.05) is 13.1 Å². The molecule has 1 aromatic heterocycles. The van der Waals surface area contributed by atoms with Crippen LogP contribution in [0.2, 0.25) is 0 Å². The zero-order chi connectivity index (χ0) is 25.0. The first kappa shape index (κ1) is 24.4. The lowest BCUT2D eigenvalue weighted by atomic mass is 9.86. The van der Waals surface area contributed by atoms with Crippen LogP contribution in [-0.4, -0.2) is 46.6 Å². The van der Waals surface area contributed by atoms with Gasteiger partial charge in [-0.15, -0.1) is 0 Å².